The lowest BCUT2D eigenvalue weighted by Gasteiger charge is -2.20. The number of benzene rings is 1. The number of fused-ring (bicyclic) bond motifs is 1. The van der Waals surface area contributed by atoms with Crippen LogP contribution in [0.2, 0.25) is 0 Å². The van der Waals surface area contributed by atoms with Gasteiger partial charge in [-0.1, -0.05) is 36.3 Å². The van der Waals surface area contributed by atoms with Gasteiger partial charge in [0.25, 0.3) is 0 Å². The third-order valence-corrected chi connectivity index (χ3v) is 5.04. The van der Waals surface area contributed by atoms with E-state index in [1.165, 1.54) is 24.2 Å². The minimum atomic E-state index is 0.0726. The average molecular weight is 334 g/mol. The SMILES string of the molecule is CC(C)N(C)CCCCCCC(=O)Nc1nc2ccccc2s1. The van der Waals surface area contributed by atoms with Crippen LogP contribution in [0.25, 0.3) is 10.2 Å². The molecule has 2 aromatic rings. The lowest BCUT2D eigenvalue weighted by Crippen LogP contribution is -2.27. The minimum Gasteiger partial charge on any atom is -0.304 e. The zero-order valence-electron chi connectivity index (χ0n) is 14.3. The Bertz CT molecular complexity index is 591. The Morgan fingerprint density at radius 1 is 1.22 bits per heavy atom. The monoisotopic (exact) mass is 333 g/mol. The number of aromatic nitrogens is 1. The fourth-order valence-electron chi connectivity index (χ4n) is 2.37. The number of hydrogen-bond acceptors (Lipinski definition) is 4. The van der Waals surface area contributed by atoms with Crippen LogP contribution in [-0.4, -0.2) is 35.4 Å². The first-order chi connectivity index (χ1) is 11.1. The second kappa shape index (κ2) is 8.99. The molecule has 4 nitrogen and oxygen atoms in total. The fourth-order valence-corrected chi connectivity index (χ4v) is 3.25. The van der Waals surface area contributed by atoms with Gasteiger partial charge in [0, 0.05) is 12.5 Å². The number of nitrogens with zero attached hydrogens (tertiary/aromatic N) is 2. The number of thiazole rings is 1. The minimum absolute atomic E-state index is 0.0726. The van der Waals surface area contributed by atoms with Crippen molar-refractivity contribution in [2.45, 2.75) is 52.0 Å². The molecule has 5 heteroatoms. The van der Waals surface area contributed by atoms with Crippen LogP contribution in [-0.2, 0) is 4.79 Å². The van der Waals surface area contributed by atoms with Gasteiger partial charge in [-0.05, 0) is 52.4 Å². The highest BCUT2D eigenvalue weighted by Crippen LogP contribution is 2.25. The van der Waals surface area contributed by atoms with Crippen LogP contribution in [0, 0.1) is 0 Å². The van der Waals surface area contributed by atoms with Crippen LogP contribution in [0.4, 0.5) is 5.13 Å². The molecule has 0 spiro atoms. The second-order valence-corrected chi connectivity index (χ2v) is 7.30. The zero-order valence-corrected chi connectivity index (χ0v) is 15.2. The van der Waals surface area contributed by atoms with E-state index >= 15 is 0 Å². The molecule has 1 aromatic carbocycles. The molecular weight excluding hydrogens is 306 g/mol. The van der Waals surface area contributed by atoms with Crippen molar-refractivity contribution in [1.82, 2.24) is 9.88 Å². The predicted octanol–water partition coefficient (Wildman–Crippen LogP) is 4.53. The summed E-state index contributed by atoms with van der Waals surface area (Å²) in [5.74, 6) is 0.0726. The Morgan fingerprint density at radius 3 is 2.70 bits per heavy atom. The van der Waals surface area contributed by atoms with Crippen molar-refractivity contribution in [1.29, 1.82) is 0 Å². The van der Waals surface area contributed by atoms with Gasteiger partial charge in [0.2, 0.25) is 5.91 Å². The quantitative estimate of drug-likeness (QED) is 0.686. The molecule has 23 heavy (non-hydrogen) atoms. The highest BCUT2D eigenvalue weighted by atomic mass is 32.1. The van der Waals surface area contributed by atoms with Gasteiger partial charge in [-0.2, -0.15) is 0 Å². The number of hydrogen-bond donors (Lipinski definition) is 1. The Labute approximate surface area is 142 Å². The van der Waals surface area contributed by atoms with Crippen molar-refractivity contribution < 1.29 is 4.79 Å². The van der Waals surface area contributed by atoms with E-state index in [2.05, 4.69) is 36.1 Å². The van der Waals surface area contributed by atoms with Crippen molar-refractivity contribution in [2.24, 2.45) is 0 Å². The van der Waals surface area contributed by atoms with E-state index in [9.17, 15) is 4.79 Å². The van der Waals surface area contributed by atoms with Crippen molar-refractivity contribution in [3.63, 3.8) is 0 Å². The molecule has 0 saturated heterocycles. The summed E-state index contributed by atoms with van der Waals surface area (Å²) in [5.41, 5.74) is 0.946. The van der Waals surface area contributed by atoms with E-state index in [0.29, 0.717) is 17.6 Å². The first-order valence-corrected chi connectivity index (χ1v) is 9.23. The Kier molecular flexibility index (Phi) is 6.99. The standard InChI is InChI=1S/C18H27N3OS/c1-14(2)21(3)13-9-5-4-6-12-17(22)20-18-19-15-10-7-8-11-16(15)23-18/h7-8,10-11,14H,4-6,9,12-13H2,1-3H3,(H,19,20,22). The van der Waals surface area contributed by atoms with Crippen LogP contribution >= 0.6 is 11.3 Å². The normalized spacial score (nSPS) is 11.5. The topological polar surface area (TPSA) is 45.2 Å². The Hall–Kier alpha value is -1.46. The van der Waals surface area contributed by atoms with Gasteiger partial charge in [0.1, 0.15) is 0 Å². The molecule has 0 saturated carbocycles. The lowest BCUT2D eigenvalue weighted by atomic mass is 10.1. The molecule has 1 amide bonds. The molecule has 1 aromatic heterocycles. The summed E-state index contributed by atoms with van der Waals surface area (Å²) in [4.78, 5) is 18.8. The third kappa shape index (κ3) is 5.92. The number of carbonyl (C=O) groups is 1. The predicted molar refractivity (Wildman–Crippen MR) is 99.1 cm³/mol. The van der Waals surface area contributed by atoms with E-state index in [1.54, 1.807) is 0 Å². The number of rotatable bonds is 9. The summed E-state index contributed by atoms with van der Waals surface area (Å²) >= 11 is 1.53. The van der Waals surface area contributed by atoms with E-state index in [4.69, 9.17) is 0 Å². The molecule has 2 rings (SSSR count). The maximum Gasteiger partial charge on any atom is 0.226 e. The zero-order chi connectivity index (χ0) is 16.7. The van der Waals surface area contributed by atoms with E-state index < -0.39 is 0 Å². The maximum atomic E-state index is 12.0. The van der Waals surface area contributed by atoms with Crippen LogP contribution in [0.15, 0.2) is 24.3 Å². The number of nitrogens with one attached hydrogen (secondary N) is 1. The van der Waals surface area contributed by atoms with Crippen molar-refractivity contribution in [2.75, 3.05) is 18.9 Å². The summed E-state index contributed by atoms with van der Waals surface area (Å²) in [5, 5.41) is 3.62. The van der Waals surface area contributed by atoms with E-state index in [1.807, 2.05) is 24.3 Å². The molecule has 0 aliphatic rings. The number of carbonyl (C=O) groups excluding carboxylic acids is 1. The number of unbranched alkanes of at least 4 members (excludes halogenated alkanes) is 3. The first kappa shape index (κ1) is 17.9. The van der Waals surface area contributed by atoms with Gasteiger partial charge in [0.05, 0.1) is 10.2 Å². The highest BCUT2D eigenvalue weighted by molar-refractivity contribution is 7.22. The van der Waals surface area contributed by atoms with Gasteiger partial charge < -0.3 is 10.2 Å². The second-order valence-electron chi connectivity index (χ2n) is 6.27. The Morgan fingerprint density at radius 2 is 1.96 bits per heavy atom. The maximum absolute atomic E-state index is 12.0. The van der Waals surface area contributed by atoms with Crippen LogP contribution in [0.5, 0.6) is 0 Å². The summed E-state index contributed by atoms with van der Waals surface area (Å²) in [6, 6.07) is 8.55. The van der Waals surface area contributed by atoms with Gasteiger partial charge in [0.15, 0.2) is 5.13 Å². The molecule has 1 N–H and O–H groups in total. The lowest BCUT2D eigenvalue weighted by molar-refractivity contribution is -0.116. The molecule has 0 radical (unpaired) electrons. The van der Waals surface area contributed by atoms with E-state index in [-0.39, 0.29) is 5.91 Å². The third-order valence-electron chi connectivity index (χ3n) is 4.09. The molecule has 0 fully saturated rings. The van der Waals surface area contributed by atoms with Crippen molar-refractivity contribution >= 4 is 32.6 Å². The van der Waals surface area contributed by atoms with Gasteiger partial charge in [-0.15, -0.1) is 0 Å². The van der Waals surface area contributed by atoms with Gasteiger partial charge in [-0.25, -0.2) is 4.98 Å². The number of amides is 1. The summed E-state index contributed by atoms with van der Waals surface area (Å²) in [7, 11) is 2.16. The van der Waals surface area contributed by atoms with Crippen molar-refractivity contribution in [3.8, 4) is 0 Å². The summed E-state index contributed by atoms with van der Waals surface area (Å²) < 4.78 is 1.11. The first-order valence-electron chi connectivity index (χ1n) is 8.42. The smallest absolute Gasteiger partial charge is 0.226 e. The number of anilines is 1. The average Bonchev–Trinajstić information content (AvgIpc) is 2.92. The van der Waals surface area contributed by atoms with Gasteiger partial charge in [-0.3, -0.25) is 4.79 Å². The molecular formula is C18H27N3OS. The molecule has 0 aliphatic carbocycles. The molecule has 0 unspecified atom stereocenters. The molecule has 126 valence electrons. The molecule has 0 bridgehead atoms. The van der Waals surface area contributed by atoms with Crippen LogP contribution < -0.4 is 5.32 Å². The number of para-hydroxylation sites is 1. The fraction of sp³-hybridized carbons (Fsp3) is 0.556. The molecule has 0 atom stereocenters. The molecule has 1 heterocycles. The summed E-state index contributed by atoms with van der Waals surface area (Å²) in [6.07, 6.45) is 5.02. The van der Waals surface area contributed by atoms with E-state index in [0.717, 1.165) is 29.6 Å². The summed E-state index contributed by atoms with van der Waals surface area (Å²) in [6.45, 7) is 5.56. The molecule has 0 aliphatic heterocycles. The largest absolute Gasteiger partial charge is 0.304 e. The van der Waals surface area contributed by atoms with Gasteiger partial charge >= 0.3 is 0 Å². The van der Waals surface area contributed by atoms with Crippen LogP contribution in [0.3, 0.4) is 0 Å². The highest BCUT2D eigenvalue weighted by Gasteiger charge is 2.07. The van der Waals surface area contributed by atoms with Crippen molar-refractivity contribution in [3.05, 3.63) is 24.3 Å². The Balaban J connectivity index is 1.62. The van der Waals surface area contributed by atoms with Crippen LogP contribution in [0.1, 0.15) is 46.0 Å².